The van der Waals surface area contributed by atoms with Crippen molar-refractivity contribution in [2.75, 3.05) is 46.0 Å². The highest BCUT2D eigenvalue weighted by Crippen LogP contribution is 2.40. The Morgan fingerprint density at radius 3 is 2.50 bits per heavy atom. The minimum Gasteiger partial charge on any atom is -0.507 e. The number of morpholine rings is 1. The number of likely N-dealkylation sites (tertiary alicyclic amines) is 1. The Balaban J connectivity index is 1.66. The van der Waals surface area contributed by atoms with Gasteiger partial charge in [0.15, 0.2) is 0 Å². The number of hydrogen-bond acceptors (Lipinski definition) is 6. The molecule has 0 aromatic heterocycles. The van der Waals surface area contributed by atoms with Crippen molar-refractivity contribution in [2.24, 2.45) is 0 Å². The maximum Gasteiger partial charge on any atom is 0.295 e. The van der Waals surface area contributed by atoms with Gasteiger partial charge in [0.25, 0.3) is 11.7 Å². The number of aryl methyl sites for hydroxylation is 1. The molecule has 2 aliphatic rings. The van der Waals surface area contributed by atoms with E-state index in [-0.39, 0.29) is 11.3 Å². The second-order valence-electron chi connectivity index (χ2n) is 9.18. The lowest BCUT2D eigenvalue weighted by atomic mass is 9.94. The topological polar surface area (TPSA) is 79.3 Å². The van der Waals surface area contributed by atoms with Crippen LogP contribution in [-0.2, 0) is 14.3 Å². The van der Waals surface area contributed by atoms with Crippen LogP contribution in [0.1, 0.15) is 42.5 Å². The van der Waals surface area contributed by atoms with Gasteiger partial charge in [-0.15, -0.1) is 0 Å². The molecule has 0 spiro atoms. The number of carbonyl (C=O) groups excluding carboxylic acids is 2. The number of nitrogens with zero attached hydrogens (tertiary/aromatic N) is 2. The number of aliphatic hydroxyl groups is 1. The summed E-state index contributed by atoms with van der Waals surface area (Å²) in [4.78, 5) is 30.3. The van der Waals surface area contributed by atoms with E-state index in [0.717, 1.165) is 42.9 Å². The zero-order valence-corrected chi connectivity index (χ0v) is 21.6. The van der Waals surface area contributed by atoms with Crippen LogP contribution in [0.2, 0.25) is 5.02 Å². The lowest BCUT2D eigenvalue weighted by Gasteiger charge is -2.29. The molecule has 36 heavy (non-hydrogen) atoms. The quantitative estimate of drug-likeness (QED) is 0.301. The summed E-state index contributed by atoms with van der Waals surface area (Å²) in [6, 6.07) is 11.7. The van der Waals surface area contributed by atoms with Crippen LogP contribution in [0.15, 0.2) is 48.0 Å². The first-order valence-electron chi connectivity index (χ1n) is 12.5. The summed E-state index contributed by atoms with van der Waals surface area (Å²) in [7, 11) is 0. The van der Waals surface area contributed by atoms with Crippen LogP contribution >= 0.6 is 11.6 Å². The number of Topliss-reactive ketones (excluding diaryl/α,β-unsaturated/α-hetero) is 1. The van der Waals surface area contributed by atoms with Crippen molar-refractivity contribution in [3.05, 3.63) is 69.8 Å². The zero-order valence-electron chi connectivity index (χ0n) is 20.8. The molecule has 2 aromatic carbocycles. The Bertz CT molecular complexity index is 1130. The number of benzene rings is 2. The molecule has 0 unspecified atom stereocenters. The lowest BCUT2D eigenvalue weighted by Crippen LogP contribution is -2.38. The van der Waals surface area contributed by atoms with Crippen LogP contribution in [-0.4, -0.2) is 72.6 Å². The molecule has 4 rings (SSSR count). The van der Waals surface area contributed by atoms with Crippen molar-refractivity contribution in [1.82, 2.24) is 9.80 Å². The number of ketones is 1. The molecule has 2 fully saturated rings. The van der Waals surface area contributed by atoms with Gasteiger partial charge in [-0.2, -0.15) is 0 Å². The molecule has 2 heterocycles. The summed E-state index contributed by atoms with van der Waals surface area (Å²) >= 11 is 6.11. The van der Waals surface area contributed by atoms with E-state index in [1.165, 1.54) is 0 Å². The molecule has 7 nitrogen and oxygen atoms in total. The fourth-order valence-electron chi connectivity index (χ4n) is 4.72. The van der Waals surface area contributed by atoms with Gasteiger partial charge in [0.05, 0.1) is 31.4 Å². The van der Waals surface area contributed by atoms with Gasteiger partial charge in [0, 0.05) is 36.8 Å². The molecule has 1 amide bonds. The first kappa shape index (κ1) is 26.2. The molecular weight excluding hydrogens is 480 g/mol. The highest BCUT2D eigenvalue weighted by Gasteiger charge is 2.45. The van der Waals surface area contributed by atoms with Crippen molar-refractivity contribution in [3.8, 4) is 5.75 Å². The van der Waals surface area contributed by atoms with Gasteiger partial charge >= 0.3 is 0 Å². The third-order valence-corrected chi connectivity index (χ3v) is 6.86. The Morgan fingerprint density at radius 2 is 1.83 bits per heavy atom. The number of halogens is 1. The highest BCUT2D eigenvalue weighted by molar-refractivity contribution is 6.46. The summed E-state index contributed by atoms with van der Waals surface area (Å²) in [5.74, 6) is -0.735. The average molecular weight is 513 g/mol. The summed E-state index contributed by atoms with van der Waals surface area (Å²) in [5.41, 5.74) is 2.14. The molecule has 2 aromatic rings. The van der Waals surface area contributed by atoms with Gasteiger partial charge in [-0.05, 0) is 61.2 Å². The van der Waals surface area contributed by atoms with Crippen LogP contribution < -0.4 is 4.74 Å². The van der Waals surface area contributed by atoms with Crippen LogP contribution in [0.5, 0.6) is 5.75 Å². The van der Waals surface area contributed by atoms with Crippen molar-refractivity contribution >= 4 is 29.1 Å². The van der Waals surface area contributed by atoms with Crippen LogP contribution in [0.25, 0.3) is 5.76 Å². The number of carbonyl (C=O) groups is 2. The van der Waals surface area contributed by atoms with E-state index in [1.807, 2.05) is 13.8 Å². The monoisotopic (exact) mass is 512 g/mol. The third kappa shape index (κ3) is 5.75. The number of amides is 1. The molecule has 0 aliphatic carbocycles. The Morgan fingerprint density at radius 1 is 1.11 bits per heavy atom. The summed E-state index contributed by atoms with van der Waals surface area (Å²) in [6.45, 7) is 8.85. The minimum atomic E-state index is -0.691. The fraction of sp³-hybridized carbons (Fsp3) is 0.429. The normalized spacial score (nSPS) is 20.2. The Hall–Kier alpha value is -2.87. The first-order chi connectivity index (χ1) is 17.4. The third-order valence-electron chi connectivity index (χ3n) is 6.61. The number of rotatable bonds is 9. The SMILES string of the molecule is CCCOc1ccc(C(O)=C2C(=O)C(=O)N(CCCN3CCOCC3)[C@H]2c2ccc(Cl)cc2)cc1C. The van der Waals surface area contributed by atoms with Crippen molar-refractivity contribution in [3.63, 3.8) is 0 Å². The average Bonchev–Trinajstić information content (AvgIpc) is 3.13. The largest absolute Gasteiger partial charge is 0.507 e. The molecular formula is C28H33ClN2O5. The molecule has 1 atom stereocenters. The highest BCUT2D eigenvalue weighted by atomic mass is 35.5. The van der Waals surface area contributed by atoms with Crippen molar-refractivity contribution in [1.29, 1.82) is 0 Å². The van der Waals surface area contributed by atoms with E-state index in [4.69, 9.17) is 21.1 Å². The maximum absolute atomic E-state index is 13.3. The molecule has 192 valence electrons. The molecule has 8 heteroatoms. The molecule has 1 N–H and O–H groups in total. The molecule has 2 aliphatic heterocycles. The van der Waals surface area contributed by atoms with Crippen LogP contribution in [0.3, 0.4) is 0 Å². The van der Waals surface area contributed by atoms with Gasteiger partial charge in [-0.3, -0.25) is 14.5 Å². The summed E-state index contributed by atoms with van der Waals surface area (Å²) in [6.07, 6.45) is 1.59. The van der Waals surface area contributed by atoms with Gasteiger partial charge in [-0.25, -0.2) is 0 Å². The Labute approximate surface area is 217 Å². The van der Waals surface area contributed by atoms with Gasteiger partial charge < -0.3 is 19.5 Å². The lowest BCUT2D eigenvalue weighted by molar-refractivity contribution is -0.140. The number of aliphatic hydroxyl groups excluding tert-OH is 1. The van der Waals surface area contributed by atoms with E-state index in [1.54, 1.807) is 47.4 Å². The van der Waals surface area contributed by atoms with E-state index < -0.39 is 17.7 Å². The first-order valence-corrected chi connectivity index (χ1v) is 12.9. The molecule has 0 radical (unpaired) electrons. The predicted molar refractivity (Wildman–Crippen MR) is 139 cm³/mol. The van der Waals surface area contributed by atoms with Gasteiger partial charge in [-0.1, -0.05) is 30.7 Å². The van der Waals surface area contributed by atoms with Gasteiger partial charge in [0.1, 0.15) is 11.5 Å². The van der Waals surface area contributed by atoms with Gasteiger partial charge in [0.2, 0.25) is 0 Å². The molecule has 0 bridgehead atoms. The Kier molecular flexibility index (Phi) is 8.67. The van der Waals surface area contributed by atoms with E-state index >= 15 is 0 Å². The molecule has 0 saturated carbocycles. The van der Waals surface area contributed by atoms with Crippen LogP contribution in [0, 0.1) is 6.92 Å². The van der Waals surface area contributed by atoms with Crippen molar-refractivity contribution in [2.45, 2.75) is 32.7 Å². The predicted octanol–water partition coefficient (Wildman–Crippen LogP) is 4.58. The summed E-state index contributed by atoms with van der Waals surface area (Å²) in [5, 5.41) is 11.9. The molecule has 2 saturated heterocycles. The number of ether oxygens (including phenoxy) is 2. The van der Waals surface area contributed by atoms with E-state index in [9.17, 15) is 14.7 Å². The second kappa shape index (κ2) is 11.9. The smallest absolute Gasteiger partial charge is 0.295 e. The maximum atomic E-state index is 13.3. The minimum absolute atomic E-state index is 0.0929. The fourth-order valence-corrected chi connectivity index (χ4v) is 4.84. The standard InChI is InChI=1S/C28H33ClN2O5/c1-3-15-36-23-10-7-21(18-19(23)2)26(32)24-25(20-5-8-22(29)9-6-20)31(28(34)27(24)33)12-4-11-30-13-16-35-17-14-30/h5-10,18,25,32H,3-4,11-17H2,1-2H3/t25-/m0/s1. The van der Waals surface area contributed by atoms with Crippen LogP contribution in [0.4, 0.5) is 0 Å². The zero-order chi connectivity index (χ0) is 25.7. The van der Waals surface area contributed by atoms with Crippen molar-refractivity contribution < 1.29 is 24.2 Å². The van der Waals surface area contributed by atoms with E-state index in [0.29, 0.717) is 43.4 Å². The summed E-state index contributed by atoms with van der Waals surface area (Å²) < 4.78 is 11.2. The van der Waals surface area contributed by atoms with E-state index in [2.05, 4.69) is 4.90 Å². The number of hydrogen-bond donors (Lipinski definition) is 1. The second-order valence-corrected chi connectivity index (χ2v) is 9.62.